The van der Waals surface area contributed by atoms with E-state index in [9.17, 15) is 0 Å². The zero-order valence-electron chi connectivity index (χ0n) is 13.6. The van der Waals surface area contributed by atoms with Crippen molar-refractivity contribution in [2.24, 2.45) is 5.92 Å². The first-order chi connectivity index (χ1) is 11.7. The van der Waals surface area contributed by atoms with Gasteiger partial charge in [0.05, 0.1) is 10.2 Å². The van der Waals surface area contributed by atoms with Crippen LogP contribution in [0.3, 0.4) is 0 Å². The van der Waals surface area contributed by atoms with Gasteiger partial charge in [0.25, 0.3) is 0 Å². The number of nitrogens with one attached hydrogen (secondary N) is 1. The number of hydrogen-bond acceptors (Lipinski definition) is 7. The first-order valence-electron chi connectivity index (χ1n) is 8.19. The van der Waals surface area contributed by atoms with Gasteiger partial charge in [0, 0.05) is 13.1 Å². The Labute approximate surface area is 144 Å². The van der Waals surface area contributed by atoms with E-state index in [1.807, 2.05) is 18.2 Å². The van der Waals surface area contributed by atoms with E-state index in [1.165, 1.54) is 12.8 Å². The van der Waals surface area contributed by atoms with Gasteiger partial charge in [-0.1, -0.05) is 30.4 Å². The molecular weight excluding hydrogens is 320 g/mol. The molecule has 1 aliphatic rings. The molecule has 0 saturated carbocycles. The molecule has 1 aliphatic heterocycles. The lowest BCUT2D eigenvalue weighted by atomic mass is 10.0. The molecule has 0 spiro atoms. The van der Waals surface area contributed by atoms with Gasteiger partial charge in [0.2, 0.25) is 0 Å². The minimum atomic E-state index is 0.589. The maximum Gasteiger partial charge on any atom is 0.189 e. The van der Waals surface area contributed by atoms with Gasteiger partial charge in [-0.25, -0.2) is 15.0 Å². The highest BCUT2D eigenvalue weighted by Crippen LogP contribution is 2.33. The Morgan fingerprint density at radius 1 is 1.29 bits per heavy atom. The summed E-state index contributed by atoms with van der Waals surface area (Å²) >= 11 is 1.59. The van der Waals surface area contributed by atoms with Crippen LogP contribution in [0.4, 0.5) is 22.5 Å². The number of benzene rings is 1. The zero-order chi connectivity index (χ0) is 16.5. The second-order valence-corrected chi connectivity index (χ2v) is 7.30. The topological polar surface area (TPSA) is 80.0 Å². The van der Waals surface area contributed by atoms with Gasteiger partial charge < -0.3 is 16.0 Å². The summed E-state index contributed by atoms with van der Waals surface area (Å²) in [6, 6.07) is 8.06. The summed E-state index contributed by atoms with van der Waals surface area (Å²) in [5.41, 5.74) is 7.91. The van der Waals surface area contributed by atoms with Gasteiger partial charge in [-0.3, -0.25) is 0 Å². The highest BCUT2D eigenvalue weighted by Gasteiger charge is 2.21. The minimum Gasteiger partial charge on any atom is -0.393 e. The van der Waals surface area contributed by atoms with Crippen molar-refractivity contribution in [3.05, 3.63) is 30.6 Å². The van der Waals surface area contributed by atoms with Crippen LogP contribution in [0.15, 0.2) is 30.6 Å². The van der Waals surface area contributed by atoms with Crippen LogP contribution >= 0.6 is 11.3 Å². The smallest absolute Gasteiger partial charge is 0.189 e. The van der Waals surface area contributed by atoms with E-state index in [0.717, 1.165) is 34.3 Å². The second kappa shape index (κ2) is 6.24. The van der Waals surface area contributed by atoms with Crippen molar-refractivity contribution in [1.82, 2.24) is 15.0 Å². The van der Waals surface area contributed by atoms with Crippen molar-refractivity contribution in [3.8, 4) is 0 Å². The van der Waals surface area contributed by atoms with Crippen LogP contribution in [0.5, 0.6) is 0 Å². The number of rotatable bonds is 3. The average Bonchev–Trinajstić information content (AvgIpc) is 2.99. The van der Waals surface area contributed by atoms with E-state index < -0.39 is 0 Å². The Kier molecular flexibility index (Phi) is 3.93. The normalized spacial score (nSPS) is 18.0. The molecule has 3 heterocycles. The van der Waals surface area contributed by atoms with Crippen LogP contribution in [-0.4, -0.2) is 28.0 Å². The van der Waals surface area contributed by atoms with Gasteiger partial charge in [-0.15, -0.1) is 0 Å². The molecule has 1 unspecified atom stereocenters. The summed E-state index contributed by atoms with van der Waals surface area (Å²) in [4.78, 5) is 15.6. The van der Waals surface area contributed by atoms with Crippen LogP contribution in [0, 0.1) is 5.92 Å². The number of piperidine rings is 1. The maximum absolute atomic E-state index is 6.35. The fourth-order valence-corrected chi connectivity index (χ4v) is 4.01. The number of hydrogen-bond donors (Lipinski definition) is 2. The molecule has 1 aromatic carbocycles. The van der Waals surface area contributed by atoms with Gasteiger partial charge in [-0.05, 0) is 30.9 Å². The van der Waals surface area contributed by atoms with Crippen molar-refractivity contribution in [2.75, 3.05) is 29.0 Å². The first-order valence-corrected chi connectivity index (χ1v) is 9.00. The molecule has 0 radical (unpaired) electrons. The largest absolute Gasteiger partial charge is 0.393 e. The zero-order valence-corrected chi connectivity index (χ0v) is 14.4. The summed E-state index contributed by atoms with van der Waals surface area (Å²) in [5, 5.41) is 4.05. The molecular formula is C17H20N6S. The minimum absolute atomic E-state index is 0.589. The Morgan fingerprint density at radius 3 is 3.00 bits per heavy atom. The Bertz CT molecular complexity index is 828. The fraction of sp³-hybridized carbons (Fsp3) is 0.353. The van der Waals surface area contributed by atoms with E-state index >= 15 is 0 Å². The standard InChI is InChI=1S/C17H20N6S/c1-11-5-4-8-23(9-11)16-14(18)15(19-10-20-16)22-17-21-12-6-2-3-7-13(12)24-17/h2-3,6-7,10-11H,4-5,8-9,18H2,1H3,(H,19,20,21,22). The lowest BCUT2D eigenvalue weighted by Crippen LogP contribution is -2.35. The molecule has 124 valence electrons. The molecule has 0 aliphatic carbocycles. The molecule has 2 aromatic heterocycles. The molecule has 0 amide bonds. The first kappa shape index (κ1) is 15.1. The van der Waals surface area contributed by atoms with E-state index in [4.69, 9.17) is 5.73 Å². The molecule has 24 heavy (non-hydrogen) atoms. The predicted octanol–water partition coefficient (Wildman–Crippen LogP) is 3.65. The molecule has 3 N–H and O–H groups in total. The quantitative estimate of drug-likeness (QED) is 0.757. The number of para-hydroxylation sites is 1. The molecule has 1 saturated heterocycles. The number of thiazole rings is 1. The molecule has 3 aromatic rings. The van der Waals surface area contributed by atoms with Gasteiger partial charge in [-0.2, -0.15) is 0 Å². The van der Waals surface area contributed by atoms with Gasteiger partial charge in [0.15, 0.2) is 16.8 Å². The van der Waals surface area contributed by atoms with E-state index in [-0.39, 0.29) is 0 Å². The van der Waals surface area contributed by atoms with E-state index in [0.29, 0.717) is 17.4 Å². The van der Waals surface area contributed by atoms with Crippen molar-refractivity contribution < 1.29 is 0 Å². The number of aromatic nitrogens is 3. The van der Waals surface area contributed by atoms with Crippen LogP contribution in [0.2, 0.25) is 0 Å². The van der Waals surface area contributed by atoms with Crippen LogP contribution in [-0.2, 0) is 0 Å². The van der Waals surface area contributed by atoms with Gasteiger partial charge in [0.1, 0.15) is 12.0 Å². The molecule has 7 heteroatoms. The number of fused-ring (bicyclic) bond motifs is 1. The van der Waals surface area contributed by atoms with Crippen molar-refractivity contribution in [3.63, 3.8) is 0 Å². The molecule has 6 nitrogen and oxygen atoms in total. The number of nitrogens with zero attached hydrogens (tertiary/aromatic N) is 4. The lowest BCUT2D eigenvalue weighted by Gasteiger charge is -2.32. The Morgan fingerprint density at radius 2 is 2.17 bits per heavy atom. The second-order valence-electron chi connectivity index (χ2n) is 6.26. The Hall–Kier alpha value is -2.41. The summed E-state index contributed by atoms with van der Waals surface area (Å²) in [6.07, 6.45) is 4.00. The third kappa shape index (κ3) is 2.87. The highest BCUT2D eigenvalue weighted by atomic mass is 32.1. The van der Waals surface area contributed by atoms with E-state index in [1.54, 1.807) is 17.7 Å². The maximum atomic E-state index is 6.35. The highest BCUT2D eigenvalue weighted by molar-refractivity contribution is 7.22. The SMILES string of the molecule is CC1CCCN(c2ncnc(Nc3nc4ccccc4s3)c2N)C1. The van der Waals surface area contributed by atoms with E-state index in [2.05, 4.69) is 38.2 Å². The predicted molar refractivity (Wildman–Crippen MR) is 100.0 cm³/mol. The third-order valence-corrected chi connectivity index (χ3v) is 5.29. The van der Waals surface area contributed by atoms with Gasteiger partial charge >= 0.3 is 0 Å². The lowest BCUT2D eigenvalue weighted by molar-refractivity contribution is 0.445. The molecule has 4 rings (SSSR count). The van der Waals surface area contributed by atoms with Crippen LogP contribution < -0.4 is 16.0 Å². The summed E-state index contributed by atoms with van der Waals surface area (Å²) in [6.45, 7) is 4.25. The fourth-order valence-electron chi connectivity index (χ4n) is 3.15. The van der Waals surface area contributed by atoms with Crippen molar-refractivity contribution >= 4 is 44.0 Å². The van der Waals surface area contributed by atoms with Crippen LogP contribution in [0.25, 0.3) is 10.2 Å². The van der Waals surface area contributed by atoms with Crippen molar-refractivity contribution in [2.45, 2.75) is 19.8 Å². The monoisotopic (exact) mass is 340 g/mol. The molecule has 1 atom stereocenters. The number of nitrogen functional groups attached to an aromatic ring is 1. The average molecular weight is 340 g/mol. The van der Waals surface area contributed by atoms with Crippen molar-refractivity contribution in [1.29, 1.82) is 0 Å². The summed E-state index contributed by atoms with van der Waals surface area (Å²) in [5.74, 6) is 2.10. The Balaban J connectivity index is 1.62. The molecule has 0 bridgehead atoms. The molecule has 1 fully saturated rings. The number of anilines is 4. The number of nitrogens with two attached hydrogens (primary N) is 1. The third-order valence-electron chi connectivity index (χ3n) is 4.34. The summed E-state index contributed by atoms with van der Waals surface area (Å²) in [7, 11) is 0. The summed E-state index contributed by atoms with van der Waals surface area (Å²) < 4.78 is 1.14. The van der Waals surface area contributed by atoms with Crippen LogP contribution in [0.1, 0.15) is 19.8 Å².